The van der Waals surface area contributed by atoms with E-state index in [2.05, 4.69) is 33.8 Å². The molecule has 0 saturated carbocycles. The van der Waals surface area contributed by atoms with E-state index in [1.54, 1.807) is 13.3 Å². The van der Waals surface area contributed by atoms with Gasteiger partial charge in [0, 0.05) is 30.0 Å². The highest BCUT2D eigenvalue weighted by Crippen LogP contribution is 2.33. The van der Waals surface area contributed by atoms with Gasteiger partial charge in [-0.15, -0.1) is 0 Å². The first-order chi connectivity index (χ1) is 15.0. The molecule has 0 spiro atoms. The van der Waals surface area contributed by atoms with Crippen molar-refractivity contribution >= 4 is 22.5 Å². The summed E-state index contributed by atoms with van der Waals surface area (Å²) in [7, 11) is 1.68. The van der Waals surface area contributed by atoms with Crippen LogP contribution in [0.1, 0.15) is 16.7 Å². The van der Waals surface area contributed by atoms with Gasteiger partial charge in [0.1, 0.15) is 5.75 Å². The molecule has 0 bridgehead atoms. The van der Waals surface area contributed by atoms with Gasteiger partial charge in [-0.05, 0) is 71.8 Å². The number of aromatic nitrogens is 1. The first kappa shape index (κ1) is 20.4. The van der Waals surface area contributed by atoms with E-state index in [1.165, 1.54) is 0 Å². The van der Waals surface area contributed by atoms with Gasteiger partial charge in [-0.2, -0.15) is 0 Å². The zero-order valence-corrected chi connectivity index (χ0v) is 17.9. The molecule has 2 amide bonds. The van der Waals surface area contributed by atoms with Gasteiger partial charge in [0.25, 0.3) is 0 Å². The van der Waals surface area contributed by atoms with Crippen LogP contribution in [0.5, 0.6) is 5.75 Å². The van der Waals surface area contributed by atoms with Gasteiger partial charge >= 0.3 is 6.03 Å². The van der Waals surface area contributed by atoms with Crippen molar-refractivity contribution in [2.24, 2.45) is 0 Å². The maximum atomic E-state index is 12.3. The summed E-state index contributed by atoms with van der Waals surface area (Å²) in [5, 5.41) is 7.92. The highest BCUT2D eigenvalue weighted by Gasteiger charge is 2.11. The molecule has 0 atom stereocenters. The Morgan fingerprint density at radius 1 is 0.968 bits per heavy atom. The number of benzene rings is 3. The summed E-state index contributed by atoms with van der Waals surface area (Å²) in [6.45, 7) is 4.46. The van der Waals surface area contributed by atoms with Crippen LogP contribution >= 0.6 is 0 Å². The molecule has 156 valence electrons. The minimum atomic E-state index is -0.240. The number of nitrogens with one attached hydrogen (secondary N) is 2. The van der Waals surface area contributed by atoms with Crippen LogP contribution in [-0.2, 0) is 6.54 Å². The summed E-state index contributed by atoms with van der Waals surface area (Å²) in [6, 6.07) is 19.8. The third-order valence-electron chi connectivity index (χ3n) is 5.36. The Hall–Kier alpha value is -3.86. The Morgan fingerprint density at radius 3 is 2.52 bits per heavy atom. The zero-order valence-electron chi connectivity index (χ0n) is 17.9. The average Bonchev–Trinajstić information content (AvgIpc) is 2.79. The monoisotopic (exact) mass is 411 g/mol. The molecule has 0 aliphatic heterocycles. The number of carbonyl (C=O) groups is 1. The van der Waals surface area contributed by atoms with Gasteiger partial charge in [-0.3, -0.25) is 4.98 Å². The third-order valence-corrected chi connectivity index (χ3v) is 5.36. The lowest BCUT2D eigenvalue weighted by molar-refractivity contribution is 0.252. The van der Waals surface area contributed by atoms with E-state index in [9.17, 15) is 4.79 Å². The van der Waals surface area contributed by atoms with Crippen LogP contribution in [-0.4, -0.2) is 18.1 Å². The van der Waals surface area contributed by atoms with Gasteiger partial charge in [-0.1, -0.05) is 35.9 Å². The number of hydrogen-bond acceptors (Lipinski definition) is 3. The van der Waals surface area contributed by atoms with Crippen LogP contribution in [0.25, 0.3) is 21.9 Å². The Bertz CT molecular complexity index is 1230. The first-order valence-corrected chi connectivity index (χ1v) is 10.2. The minimum absolute atomic E-state index is 0.240. The van der Waals surface area contributed by atoms with E-state index in [0.717, 1.165) is 50.0 Å². The fraction of sp³-hybridized carbons (Fsp3) is 0.154. The minimum Gasteiger partial charge on any atom is -0.496 e. The average molecular weight is 412 g/mol. The Morgan fingerprint density at radius 2 is 1.77 bits per heavy atom. The quantitative estimate of drug-likeness (QED) is 0.433. The van der Waals surface area contributed by atoms with Crippen LogP contribution in [0.2, 0.25) is 0 Å². The van der Waals surface area contributed by atoms with Crippen molar-refractivity contribution in [2.75, 3.05) is 12.4 Å². The van der Waals surface area contributed by atoms with Crippen LogP contribution < -0.4 is 15.4 Å². The number of pyridine rings is 1. The Labute approximate surface area is 182 Å². The second kappa shape index (κ2) is 8.88. The van der Waals surface area contributed by atoms with E-state index in [4.69, 9.17) is 4.74 Å². The lowest BCUT2D eigenvalue weighted by atomic mass is 9.95. The Balaban J connectivity index is 1.57. The molecule has 1 aromatic heterocycles. The maximum absolute atomic E-state index is 12.3. The normalized spacial score (nSPS) is 10.7. The van der Waals surface area contributed by atoms with Gasteiger partial charge in [0.05, 0.1) is 7.11 Å². The molecular weight excluding hydrogens is 386 g/mol. The number of aryl methyl sites for hydroxylation is 2. The second-order valence-corrected chi connectivity index (χ2v) is 7.55. The van der Waals surface area contributed by atoms with Crippen molar-refractivity contribution in [2.45, 2.75) is 20.4 Å². The van der Waals surface area contributed by atoms with E-state index in [1.807, 2.05) is 62.5 Å². The summed E-state index contributed by atoms with van der Waals surface area (Å²) in [4.78, 5) is 16.7. The van der Waals surface area contributed by atoms with E-state index >= 15 is 0 Å². The summed E-state index contributed by atoms with van der Waals surface area (Å²) in [5.41, 5.74) is 6.25. The Kier molecular flexibility index (Phi) is 5.85. The number of amides is 2. The van der Waals surface area contributed by atoms with Gasteiger partial charge in [-0.25, -0.2) is 4.79 Å². The largest absolute Gasteiger partial charge is 0.496 e. The van der Waals surface area contributed by atoms with Crippen molar-refractivity contribution < 1.29 is 9.53 Å². The maximum Gasteiger partial charge on any atom is 0.319 e. The highest BCUT2D eigenvalue weighted by atomic mass is 16.5. The molecule has 0 unspecified atom stereocenters. The lowest BCUT2D eigenvalue weighted by Gasteiger charge is -2.14. The standard InChI is InChI=1S/C26H25N3O2/c1-17-4-8-21(9-5-17)29-26(30)28-15-20-6-10-22(23-12-13-27-16-24(20)23)19-7-11-25(31-3)18(2)14-19/h4-14,16H,15H2,1-3H3,(H2,28,29,30). The molecule has 5 heteroatoms. The SMILES string of the molecule is COc1ccc(-c2ccc(CNC(=O)Nc3ccc(C)cc3)c3cnccc23)cc1C. The lowest BCUT2D eigenvalue weighted by Crippen LogP contribution is -2.28. The number of ether oxygens (including phenoxy) is 1. The molecule has 0 radical (unpaired) electrons. The molecule has 3 aromatic carbocycles. The summed E-state index contributed by atoms with van der Waals surface area (Å²) in [5.74, 6) is 0.870. The number of hydrogen-bond donors (Lipinski definition) is 2. The van der Waals surface area contributed by atoms with Crippen LogP contribution in [0.3, 0.4) is 0 Å². The molecule has 0 saturated heterocycles. The smallest absolute Gasteiger partial charge is 0.319 e. The van der Waals surface area contributed by atoms with Crippen LogP contribution in [0.15, 0.2) is 73.1 Å². The third kappa shape index (κ3) is 4.51. The fourth-order valence-corrected chi connectivity index (χ4v) is 3.69. The first-order valence-electron chi connectivity index (χ1n) is 10.2. The fourth-order valence-electron chi connectivity index (χ4n) is 3.69. The molecule has 4 aromatic rings. The summed E-state index contributed by atoms with van der Waals surface area (Å²) in [6.07, 6.45) is 3.65. The van der Waals surface area contributed by atoms with E-state index in [0.29, 0.717) is 6.54 Å². The van der Waals surface area contributed by atoms with Crippen molar-refractivity contribution in [3.8, 4) is 16.9 Å². The molecule has 2 N–H and O–H groups in total. The van der Waals surface area contributed by atoms with Crippen molar-refractivity contribution in [1.29, 1.82) is 0 Å². The molecule has 1 heterocycles. The molecule has 31 heavy (non-hydrogen) atoms. The predicted molar refractivity (Wildman–Crippen MR) is 126 cm³/mol. The molecule has 0 fully saturated rings. The van der Waals surface area contributed by atoms with E-state index < -0.39 is 0 Å². The van der Waals surface area contributed by atoms with Crippen molar-refractivity contribution in [3.63, 3.8) is 0 Å². The van der Waals surface area contributed by atoms with Crippen molar-refractivity contribution in [3.05, 3.63) is 89.7 Å². The van der Waals surface area contributed by atoms with Gasteiger partial charge in [0.2, 0.25) is 0 Å². The van der Waals surface area contributed by atoms with Crippen molar-refractivity contribution in [1.82, 2.24) is 10.3 Å². The molecule has 0 aliphatic carbocycles. The predicted octanol–water partition coefficient (Wildman–Crippen LogP) is 5.85. The van der Waals surface area contributed by atoms with Gasteiger partial charge < -0.3 is 15.4 Å². The summed E-state index contributed by atoms with van der Waals surface area (Å²) >= 11 is 0. The molecule has 4 rings (SSSR count). The number of carbonyl (C=O) groups excluding carboxylic acids is 1. The second-order valence-electron chi connectivity index (χ2n) is 7.55. The number of fused-ring (bicyclic) bond motifs is 1. The van der Waals surface area contributed by atoms with E-state index in [-0.39, 0.29) is 6.03 Å². The van der Waals surface area contributed by atoms with Crippen LogP contribution in [0.4, 0.5) is 10.5 Å². The molecular formula is C26H25N3O2. The summed E-state index contributed by atoms with van der Waals surface area (Å²) < 4.78 is 5.39. The number of rotatable bonds is 5. The van der Waals surface area contributed by atoms with Crippen LogP contribution in [0, 0.1) is 13.8 Å². The number of anilines is 1. The topological polar surface area (TPSA) is 63.2 Å². The molecule has 0 aliphatic rings. The van der Waals surface area contributed by atoms with Gasteiger partial charge in [0.15, 0.2) is 0 Å². The zero-order chi connectivity index (χ0) is 21.8. The number of urea groups is 1. The number of nitrogens with zero attached hydrogens (tertiary/aromatic N) is 1. The molecule has 5 nitrogen and oxygen atoms in total. The highest BCUT2D eigenvalue weighted by molar-refractivity contribution is 5.98. The number of methoxy groups -OCH3 is 1.